The molecule has 0 fully saturated rings. The van der Waals surface area contributed by atoms with Gasteiger partial charge in [-0.2, -0.15) is 0 Å². The Morgan fingerprint density at radius 2 is 2.39 bits per heavy atom. The van der Waals surface area contributed by atoms with Crippen LogP contribution in [0.3, 0.4) is 0 Å². The van der Waals surface area contributed by atoms with E-state index in [0.29, 0.717) is 28.6 Å². The molecule has 0 saturated carbocycles. The third-order valence-electron chi connectivity index (χ3n) is 3.62. The van der Waals surface area contributed by atoms with E-state index in [0.717, 1.165) is 5.56 Å². The highest BCUT2D eigenvalue weighted by Gasteiger charge is 2.27. The fourth-order valence-corrected chi connectivity index (χ4v) is 2.70. The summed E-state index contributed by atoms with van der Waals surface area (Å²) >= 11 is 0. The normalized spacial score (nSPS) is 15.6. The number of nitrogens with one attached hydrogen (secondary N) is 1. The van der Waals surface area contributed by atoms with Gasteiger partial charge in [-0.3, -0.25) is 4.79 Å². The van der Waals surface area contributed by atoms with E-state index in [2.05, 4.69) is 15.0 Å². The van der Waals surface area contributed by atoms with Crippen molar-refractivity contribution in [3.8, 4) is 5.75 Å². The van der Waals surface area contributed by atoms with E-state index in [-0.39, 0.29) is 24.8 Å². The molecular weight excluding hydrogens is 300 g/mol. The Morgan fingerprint density at radius 1 is 1.57 bits per heavy atom. The third kappa shape index (κ3) is 2.72. The van der Waals surface area contributed by atoms with Crippen LogP contribution in [-0.2, 0) is 11.2 Å². The summed E-state index contributed by atoms with van der Waals surface area (Å²) in [4.78, 5) is 29.2. The molecular formula is C15H14N4O4. The van der Waals surface area contributed by atoms with Crippen LogP contribution in [0.4, 0.5) is 0 Å². The lowest BCUT2D eigenvalue weighted by Gasteiger charge is -2.10. The Bertz CT molecular complexity index is 883. The lowest BCUT2D eigenvalue weighted by molar-refractivity contribution is 0.0528. The highest BCUT2D eigenvalue weighted by molar-refractivity contribution is 6.05. The number of H-pyrrole nitrogens is 1. The zero-order valence-corrected chi connectivity index (χ0v) is 12.4. The maximum atomic E-state index is 12.2. The maximum absolute atomic E-state index is 12.2. The highest BCUT2D eigenvalue weighted by atomic mass is 16.5. The number of azide groups is 1. The molecule has 0 amide bonds. The molecule has 118 valence electrons. The van der Waals surface area contributed by atoms with E-state index >= 15 is 0 Å². The fraction of sp³-hybridized carbons (Fsp3) is 0.333. The fourth-order valence-electron chi connectivity index (χ4n) is 2.70. The number of hydrogen-bond donors (Lipinski definition) is 1. The lowest BCUT2D eigenvalue weighted by Crippen LogP contribution is -2.16. The molecule has 1 unspecified atom stereocenters. The van der Waals surface area contributed by atoms with Gasteiger partial charge in [0.25, 0.3) is 0 Å². The topological polar surface area (TPSA) is 117 Å². The van der Waals surface area contributed by atoms with Crippen LogP contribution in [0.15, 0.2) is 28.1 Å². The summed E-state index contributed by atoms with van der Waals surface area (Å²) in [6, 6.07) is 4.66. The molecule has 0 radical (unpaired) electrons. The summed E-state index contributed by atoms with van der Waals surface area (Å²) in [5, 5.41) is 4.16. The molecule has 8 nitrogen and oxygen atoms in total. The first-order valence-corrected chi connectivity index (χ1v) is 7.17. The standard InChI is InChI=1S/C15H14N4O4/c1-2-22-15(21)11-6-8-5-9(7-17-19-16)23-14(8)10-3-4-12(20)18-13(10)11/h3-4,6,9H,2,5,7H2,1H3,(H,18,20). The number of hydrogen-bond acceptors (Lipinski definition) is 5. The van der Waals surface area contributed by atoms with Gasteiger partial charge in [0, 0.05) is 22.8 Å². The second-order valence-corrected chi connectivity index (χ2v) is 5.10. The van der Waals surface area contributed by atoms with Gasteiger partial charge in [-0.15, -0.1) is 0 Å². The van der Waals surface area contributed by atoms with Crippen LogP contribution in [0.5, 0.6) is 5.75 Å². The predicted octanol–water partition coefficient (Wildman–Crippen LogP) is 2.32. The number of ether oxygens (including phenoxy) is 2. The summed E-state index contributed by atoms with van der Waals surface area (Å²) in [7, 11) is 0. The largest absolute Gasteiger partial charge is 0.489 e. The Morgan fingerprint density at radius 3 is 3.13 bits per heavy atom. The average molecular weight is 314 g/mol. The predicted molar refractivity (Wildman–Crippen MR) is 82.7 cm³/mol. The van der Waals surface area contributed by atoms with Crippen LogP contribution in [0.25, 0.3) is 21.3 Å². The average Bonchev–Trinajstić information content (AvgIpc) is 2.95. The van der Waals surface area contributed by atoms with Crippen LogP contribution in [0.2, 0.25) is 0 Å². The van der Waals surface area contributed by atoms with Crippen LogP contribution < -0.4 is 10.3 Å². The molecule has 0 saturated heterocycles. The molecule has 1 atom stereocenters. The summed E-state index contributed by atoms with van der Waals surface area (Å²) in [5.41, 5.74) is 9.62. The number of carbonyl (C=O) groups is 1. The number of esters is 1. The molecule has 3 rings (SSSR count). The van der Waals surface area contributed by atoms with Gasteiger partial charge >= 0.3 is 5.97 Å². The Hall–Kier alpha value is -2.99. The van der Waals surface area contributed by atoms with E-state index in [4.69, 9.17) is 15.0 Å². The monoisotopic (exact) mass is 314 g/mol. The first-order chi connectivity index (χ1) is 11.1. The summed E-state index contributed by atoms with van der Waals surface area (Å²) in [5.74, 6) is 0.100. The van der Waals surface area contributed by atoms with Gasteiger partial charge < -0.3 is 14.5 Å². The summed E-state index contributed by atoms with van der Waals surface area (Å²) in [6.07, 6.45) is 0.240. The minimum atomic E-state index is -0.499. The van der Waals surface area contributed by atoms with Gasteiger partial charge in [0.1, 0.15) is 11.9 Å². The smallest absolute Gasteiger partial charge is 0.340 e. The molecule has 8 heteroatoms. The number of aromatic amines is 1. The van der Waals surface area contributed by atoms with Crippen molar-refractivity contribution in [1.82, 2.24) is 4.98 Å². The zero-order chi connectivity index (χ0) is 16.4. The van der Waals surface area contributed by atoms with Crippen LogP contribution >= 0.6 is 0 Å². The summed E-state index contributed by atoms with van der Waals surface area (Å²) in [6.45, 7) is 2.16. The van der Waals surface area contributed by atoms with E-state index < -0.39 is 5.97 Å². The maximum Gasteiger partial charge on any atom is 0.340 e. The SMILES string of the molecule is CCOC(=O)c1cc2c(c3ccc(=O)[nH]c13)OC(CN=[N+]=[N-])C2. The second kappa shape index (κ2) is 6.02. The number of benzene rings is 1. The number of fused-ring (bicyclic) bond motifs is 3. The Labute approximate surface area is 130 Å². The molecule has 2 heterocycles. The van der Waals surface area contributed by atoms with Crippen molar-refractivity contribution >= 4 is 16.9 Å². The molecule has 2 aromatic rings. The highest BCUT2D eigenvalue weighted by Crippen LogP contribution is 2.37. The van der Waals surface area contributed by atoms with Gasteiger partial charge in [-0.25, -0.2) is 4.79 Å². The molecule has 23 heavy (non-hydrogen) atoms. The Kier molecular flexibility index (Phi) is 3.91. The van der Waals surface area contributed by atoms with Crippen LogP contribution in [0, 0.1) is 0 Å². The van der Waals surface area contributed by atoms with E-state index in [1.807, 2.05) is 0 Å². The number of aromatic nitrogens is 1. The minimum Gasteiger partial charge on any atom is -0.489 e. The van der Waals surface area contributed by atoms with Crippen molar-refractivity contribution in [3.05, 3.63) is 50.1 Å². The lowest BCUT2D eigenvalue weighted by atomic mass is 10.0. The molecule has 1 aromatic heterocycles. The molecule has 0 spiro atoms. The molecule has 0 aliphatic carbocycles. The number of carbonyl (C=O) groups excluding carboxylic acids is 1. The number of rotatable bonds is 4. The van der Waals surface area contributed by atoms with Crippen LogP contribution in [-0.4, -0.2) is 30.2 Å². The second-order valence-electron chi connectivity index (χ2n) is 5.10. The number of pyridine rings is 1. The van der Waals surface area contributed by atoms with Crippen molar-refractivity contribution in [2.24, 2.45) is 5.11 Å². The molecule has 1 N–H and O–H groups in total. The first kappa shape index (κ1) is 14.9. The molecule has 1 aliphatic heterocycles. The van der Waals surface area contributed by atoms with Crippen molar-refractivity contribution in [2.45, 2.75) is 19.4 Å². The minimum absolute atomic E-state index is 0.199. The molecule has 1 aliphatic rings. The summed E-state index contributed by atoms with van der Waals surface area (Å²) < 4.78 is 10.9. The van der Waals surface area contributed by atoms with Gasteiger partial charge in [0.2, 0.25) is 5.56 Å². The van der Waals surface area contributed by atoms with Crippen molar-refractivity contribution < 1.29 is 14.3 Å². The Balaban J connectivity index is 2.14. The third-order valence-corrected chi connectivity index (χ3v) is 3.62. The molecule has 0 bridgehead atoms. The van der Waals surface area contributed by atoms with Gasteiger partial charge in [0.15, 0.2) is 0 Å². The zero-order valence-electron chi connectivity index (χ0n) is 12.4. The first-order valence-electron chi connectivity index (χ1n) is 7.17. The van der Waals surface area contributed by atoms with E-state index in [9.17, 15) is 9.59 Å². The van der Waals surface area contributed by atoms with E-state index in [1.165, 1.54) is 6.07 Å². The van der Waals surface area contributed by atoms with Gasteiger partial charge in [-0.05, 0) is 30.2 Å². The van der Waals surface area contributed by atoms with E-state index in [1.54, 1.807) is 19.1 Å². The van der Waals surface area contributed by atoms with Crippen LogP contribution in [0.1, 0.15) is 22.8 Å². The van der Waals surface area contributed by atoms with Crippen molar-refractivity contribution in [3.63, 3.8) is 0 Å². The van der Waals surface area contributed by atoms with Gasteiger partial charge in [-0.1, -0.05) is 5.11 Å². The molecule has 1 aromatic carbocycles. The van der Waals surface area contributed by atoms with Crippen molar-refractivity contribution in [1.29, 1.82) is 0 Å². The van der Waals surface area contributed by atoms with Crippen molar-refractivity contribution in [2.75, 3.05) is 13.2 Å². The number of nitrogens with zero attached hydrogens (tertiary/aromatic N) is 3. The quantitative estimate of drug-likeness (QED) is 0.403. The van der Waals surface area contributed by atoms with Gasteiger partial charge in [0.05, 0.1) is 24.2 Å².